The number of hydrogen-bond acceptors (Lipinski definition) is 5. The van der Waals surface area contributed by atoms with Gasteiger partial charge in [-0.2, -0.15) is 0 Å². The first kappa shape index (κ1) is 17.6. The third-order valence-corrected chi connectivity index (χ3v) is 5.57. The highest BCUT2D eigenvalue weighted by molar-refractivity contribution is 7.90. The zero-order valence-electron chi connectivity index (χ0n) is 13.1. The topological polar surface area (TPSA) is 76.1 Å². The van der Waals surface area contributed by atoms with Crippen molar-refractivity contribution in [1.82, 2.24) is 4.98 Å². The molecular weight excluding hydrogens is 380 g/mol. The SMILES string of the molecule is CS(=O)(=O)c1ccc2nc(NC(=O)/C=C/c3cccc(Cl)c3)sc2c1. The number of carbonyl (C=O) groups is 1. The second-order valence-corrected chi connectivity index (χ2v) is 8.78. The van der Waals surface area contributed by atoms with Gasteiger partial charge in [-0.3, -0.25) is 10.1 Å². The molecule has 8 heteroatoms. The lowest BCUT2D eigenvalue weighted by atomic mass is 10.2. The Labute approximate surface area is 153 Å². The second-order valence-electron chi connectivity index (χ2n) is 5.30. The van der Waals surface area contributed by atoms with Gasteiger partial charge in [-0.05, 0) is 42.0 Å². The van der Waals surface area contributed by atoms with Crippen LogP contribution in [0.3, 0.4) is 0 Å². The molecule has 3 rings (SSSR count). The zero-order chi connectivity index (χ0) is 18.0. The average molecular weight is 393 g/mol. The Morgan fingerprint density at radius 1 is 1.24 bits per heavy atom. The van der Waals surface area contributed by atoms with Crippen molar-refractivity contribution in [3.8, 4) is 0 Å². The Kier molecular flexibility index (Phi) is 4.89. The van der Waals surface area contributed by atoms with E-state index < -0.39 is 9.84 Å². The van der Waals surface area contributed by atoms with Crippen LogP contribution in [0.5, 0.6) is 0 Å². The number of nitrogens with zero attached hydrogens (tertiary/aromatic N) is 1. The number of aromatic nitrogens is 1. The highest BCUT2D eigenvalue weighted by atomic mass is 35.5. The van der Waals surface area contributed by atoms with Crippen molar-refractivity contribution in [2.24, 2.45) is 0 Å². The number of hydrogen-bond donors (Lipinski definition) is 1. The van der Waals surface area contributed by atoms with Gasteiger partial charge in [0.15, 0.2) is 15.0 Å². The Morgan fingerprint density at radius 3 is 2.76 bits per heavy atom. The van der Waals surface area contributed by atoms with Crippen molar-refractivity contribution in [3.05, 3.63) is 59.1 Å². The Bertz CT molecular complexity index is 1090. The molecule has 25 heavy (non-hydrogen) atoms. The normalized spacial score (nSPS) is 11.9. The van der Waals surface area contributed by atoms with Gasteiger partial charge < -0.3 is 0 Å². The van der Waals surface area contributed by atoms with Gasteiger partial charge in [-0.25, -0.2) is 13.4 Å². The van der Waals surface area contributed by atoms with E-state index in [1.165, 1.54) is 23.5 Å². The number of sulfone groups is 1. The molecule has 0 fully saturated rings. The molecule has 0 aliphatic rings. The van der Waals surface area contributed by atoms with Crippen molar-refractivity contribution < 1.29 is 13.2 Å². The molecule has 0 bridgehead atoms. The number of anilines is 1. The van der Waals surface area contributed by atoms with E-state index >= 15 is 0 Å². The number of rotatable bonds is 4. The van der Waals surface area contributed by atoms with E-state index in [1.807, 2.05) is 6.07 Å². The monoisotopic (exact) mass is 392 g/mol. The molecule has 1 N–H and O–H groups in total. The molecule has 1 amide bonds. The van der Waals surface area contributed by atoms with Crippen LogP contribution in [-0.2, 0) is 14.6 Å². The summed E-state index contributed by atoms with van der Waals surface area (Å²) in [6, 6.07) is 11.8. The minimum Gasteiger partial charge on any atom is -0.298 e. The van der Waals surface area contributed by atoms with E-state index in [4.69, 9.17) is 11.6 Å². The van der Waals surface area contributed by atoms with Crippen LogP contribution in [0, 0.1) is 0 Å². The number of nitrogens with one attached hydrogen (secondary N) is 1. The van der Waals surface area contributed by atoms with Crippen LogP contribution in [0.15, 0.2) is 53.4 Å². The van der Waals surface area contributed by atoms with Crippen LogP contribution in [-0.4, -0.2) is 25.6 Å². The van der Waals surface area contributed by atoms with Crippen LogP contribution in [0.2, 0.25) is 5.02 Å². The molecule has 0 spiro atoms. The molecule has 1 aromatic heterocycles. The van der Waals surface area contributed by atoms with Crippen LogP contribution in [0.25, 0.3) is 16.3 Å². The predicted molar refractivity (Wildman–Crippen MR) is 102 cm³/mol. The van der Waals surface area contributed by atoms with E-state index in [9.17, 15) is 13.2 Å². The summed E-state index contributed by atoms with van der Waals surface area (Å²) in [5.74, 6) is -0.331. The molecule has 2 aromatic carbocycles. The molecule has 1 heterocycles. The molecule has 0 aliphatic heterocycles. The number of fused-ring (bicyclic) bond motifs is 1. The lowest BCUT2D eigenvalue weighted by molar-refractivity contribution is -0.111. The maximum atomic E-state index is 12.0. The molecule has 0 radical (unpaired) electrons. The van der Waals surface area contributed by atoms with Gasteiger partial charge >= 0.3 is 0 Å². The maximum Gasteiger partial charge on any atom is 0.250 e. The summed E-state index contributed by atoms with van der Waals surface area (Å²) in [7, 11) is -3.28. The standard InChI is InChI=1S/C17H13ClN2O3S2/c1-25(22,23)13-6-7-14-15(10-13)24-17(19-14)20-16(21)8-5-11-3-2-4-12(18)9-11/h2-10H,1H3,(H,19,20,21)/b8-5+. The van der Waals surface area contributed by atoms with Gasteiger partial charge in [0, 0.05) is 17.4 Å². The number of amides is 1. The van der Waals surface area contributed by atoms with Gasteiger partial charge in [0.1, 0.15) is 0 Å². The molecule has 3 aromatic rings. The highest BCUT2D eigenvalue weighted by Crippen LogP contribution is 2.28. The first-order valence-electron chi connectivity index (χ1n) is 7.16. The molecule has 5 nitrogen and oxygen atoms in total. The van der Waals surface area contributed by atoms with Crippen LogP contribution in [0.1, 0.15) is 5.56 Å². The number of thiazole rings is 1. The molecule has 0 aliphatic carbocycles. The van der Waals surface area contributed by atoms with Crippen molar-refractivity contribution >= 4 is 60.1 Å². The molecule has 0 saturated carbocycles. The van der Waals surface area contributed by atoms with Crippen molar-refractivity contribution in [1.29, 1.82) is 0 Å². The lowest BCUT2D eigenvalue weighted by Gasteiger charge is -1.96. The lowest BCUT2D eigenvalue weighted by Crippen LogP contribution is -2.07. The summed E-state index contributed by atoms with van der Waals surface area (Å²) in [5, 5.41) is 3.67. The van der Waals surface area contributed by atoms with Gasteiger partial charge in [0.2, 0.25) is 5.91 Å². The van der Waals surface area contributed by atoms with Crippen molar-refractivity contribution in [3.63, 3.8) is 0 Å². The van der Waals surface area contributed by atoms with Gasteiger partial charge in [-0.1, -0.05) is 35.1 Å². The average Bonchev–Trinajstić information content (AvgIpc) is 2.93. The van der Waals surface area contributed by atoms with Gasteiger partial charge in [-0.15, -0.1) is 0 Å². The summed E-state index contributed by atoms with van der Waals surface area (Å²) >= 11 is 7.11. The highest BCUT2D eigenvalue weighted by Gasteiger charge is 2.11. The predicted octanol–water partition coefficient (Wildman–Crippen LogP) is 4.01. The van der Waals surface area contributed by atoms with Crippen molar-refractivity contribution in [2.45, 2.75) is 4.90 Å². The van der Waals surface area contributed by atoms with Crippen molar-refractivity contribution in [2.75, 3.05) is 11.6 Å². The minimum atomic E-state index is -3.28. The van der Waals surface area contributed by atoms with E-state index in [1.54, 1.807) is 36.4 Å². The molecular formula is C17H13ClN2O3S2. The van der Waals surface area contributed by atoms with E-state index in [-0.39, 0.29) is 10.8 Å². The summed E-state index contributed by atoms with van der Waals surface area (Å²) < 4.78 is 23.9. The molecule has 0 atom stereocenters. The number of benzene rings is 2. The smallest absolute Gasteiger partial charge is 0.250 e. The fourth-order valence-corrected chi connectivity index (χ4v) is 3.95. The van der Waals surface area contributed by atoms with Gasteiger partial charge in [0.05, 0.1) is 15.1 Å². The fraction of sp³-hybridized carbons (Fsp3) is 0.0588. The first-order valence-corrected chi connectivity index (χ1v) is 10.3. The number of halogens is 1. The zero-order valence-corrected chi connectivity index (χ0v) is 15.5. The largest absolute Gasteiger partial charge is 0.298 e. The molecule has 0 saturated heterocycles. The van der Waals surface area contributed by atoms with Gasteiger partial charge in [0.25, 0.3) is 0 Å². The van der Waals surface area contributed by atoms with Crippen LogP contribution >= 0.6 is 22.9 Å². The maximum absolute atomic E-state index is 12.0. The molecule has 128 valence electrons. The Balaban J connectivity index is 1.77. The molecule has 0 unspecified atom stereocenters. The Morgan fingerprint density at radius 2 is 2.04 bits per heavy atom. The minimum absolute atomic E-state index is 0.224. The summed E-state index contributed by atoms with van der Waals surface area (Å²) in [4.78, 5) is 16.5. The van der Waals surface area contributed by atoms with Crippen LogP contribution < -0.4 is 5.32 Å². The van der Waals surface area contributed by atoms with E-state index in [0.717, 1.165) is 11.8 Å². The second kappa shape index (κ2) is 6.95. The Hall–Kier alpha value is -2.22. The first-order chi connectivity index (χ1) is 11.8. The third-order valence-electron chi connectivity index (χ3n) is 3.29. The summed E-state index contributed by atoms with van der Waals surface area (Å²) in [6.45, 7) is 0. The van der Waals surface area contributed by atoms with E-state index in [2.05, 4.69) is 10.3 Å². The summed E-state index contributed by atoms with van der Waals surface area (Å²) in [5.41, 5.74) is 1.44. The number of carbonyl (C=O) groups excluding carboxylic acids is 1. The summed E-state index contributed by atoms with van der Waals surface area (Å²) in [6.07, 6.45) is 4.19. The fourth-order valence-electron chi connectivity index (χ4n) is 2.12. The van der Waals surface area contributed by atoms with Crippen LogP contribution in [0.4, 0.5) is 5.13 Å². The third kappa shape index (κ3) is 4.45. The quantitative estimate of drug-likeness (QED) is 0.681. The van der Waals surface area contributed by atoms with E-state index in [0.29, 0.717) is 20.4 Å².